The number of rotatable bonds is 2. The lowest BCUT2D eigenvalue weighted by atomic mass is 9.90. The van der Waals surface area contributed by atoms with E-state index in [2.05, 4.69) is 10.3 Å². The molecule has 1 aromatic heterocycles. The van der Waals surface area contributed by atoms with E-state index in [9.17, 15) is 6.17 Å². The number of ether oxygens (including phenoxy) is 3. The van der Waals surface area contributed by atoms with Gasteiger partial charge in [0.25, 0.3) is 0 Å². The molecule has 0 radical (unpaired) electrons. The molecular weight excluding hydrogens is 332 g/mol. The van der Waals surface area contributed by atoms with Gasteiger partial charge in [0, 0.05) is 23.0 Å². The first-order chi connectivity index (χ1) is 13.1. The number of fused-ring (bicyclic) bond motifs is 4. The van der Waals surface area contributed by atoms with E-state index in [1.165, 1.54) is 7.11 Å². The predicted octanol–water partition coefficient (Wildman–Crippen LogP) is 2.67. The molecule has 0 fully saturated rings. The third-order valence-electron chi connectivity index (χ3n) is 4.94. The van der Waals surface area contributed by atoms with Gasteiger partial charge in [-0.3, -0.25) is 10.1 Å². The second kappa shape index (κ2) is 5.78. The van der Waals surface area contributed by atoms with Gasteiger partial charge in [-0.2, -0.15) is 0 Å². The van der Waals surface area contributed by atoms with Gasteiger partial charge in [0.1, 0.15) is 6.04 Å². The number of H-pyrrole nitrogens is 1. The van der Waals surface area contributed by atoms with Crippen molar-refractivity contribution in [2.45, 2.75) is 18.5 Å². The Morgan fingerprint density at radius 1 is 1.23 bits per heavy atom. The second-order valence-electron chi connectivity index (χ2n) is 6.39. The Labute approximate surface area is 151 Å². The topological polar surface area (TPSA) is 72.6 Å². The molecule has 6 nitrogen and oxygen atoms in total. The lowest BCUT2D eigenvalue weighted by Crippen LogP contribution is -2.45. The van der Waals surface area contributed by atoms with E-state index in [-0.39, 0.29) is 12.8 Å². The molecule has 0 amide bonds. The number of esters is 1. The average molecular weight is 351 g/mol. The van der Waals surface area contributed by atoms with Crippen molar-refractivity contribution in [3.63, 3.8) is 0 Å². The molecule has 3 aromatic rings. The van der Waals surface area contributed by atoms with E-state index in [1.54, 1.807) is 12.1 Å². The Hall–Kier alpha value is -2.99. The lowest BCUT2D eigenvalue weighted by Gasteiger charge is -2.30. The summed E-state index contributed by atoms with van der Waals surface area (Å²) in [4.78, 5) is 15.7. The first kappa shape index (κ1) is 14.2. The molecule has 0 aliphatic carbocycles. The van der Waals surface area contributed by atoms with Crippen LogP contribution >= 0.6 is 0 Å². The number of benzene rings is 2. The van der Waals surface area contributed by atoms with Gasteiger partial charge in [-0.05, 0) is 29.3 Å². The summed E-state index contributed by atoms with van der Waals surface area (Å²) in [6, 6.07) is 11.3. The maximum atomic E-state index is 12.3. The van der Waals surface area contributed by atoms with Crippen molar-refractivity contribution in [3.05, 3.63) is 59.3 Å². The molecule has 3 heterocycles. The van der Waals surface area contributed by atoms with Crippen molar-refractivity contribution in [2.75, 3.05) is 13.9 Å². The minimum Gasteiger partial charge on any atom is -0.468 e. The van der Waals surface area contributed by atoms with E-state index in [1.807, 2.05) is 30.3 Å². The maximum Gasteiger partial charge on any atom is 0.323 e. The SMILES string of the molecule is [2H][C@@]1(c2ccc3c(c2)OCO3)N[C@H](C(=O)OC)Cc2c1[nH]c1ccccc21. The number of nitrogens with one attached hydrogen (secondary N) is 2. The van der Waals surface area contributed by atoms with Gasteiger partial charge in [0.15, 0.2) is 11.5 Å². The zero-order chi connectivity index (χ0) is 18.6. The van der Waals surface area contributed by atoms with Gasteiger partial charge in [0.05, 0.1) is 14.5 Å². The Morgan fingerprint density at radius 2 is 2.08 bits per heavy atom. The van der Waals surface area contributed by atoms with Gasteiger partial charge in [0.2, 0.25) is 6.79 Å². The van der Waals surface area contributed by atoms with Crippen LogP contribution in [-0.4, -0.2) is 30.9 Å². The summed E-state index contributed by atoms with van der Waals surface area (Å²) in [5, 5.41) is 4.18. The lowest BCUT2D eigenvalue weighted by molar-refractivity contribution is -0.143. The monoisotopic (exact) mass is 351 g/mol. The van der Waals surface area contributed by atoms with Crippen LogP contribution in [-0.2, 0) is 16.0 Å². The summed E-state index contributed by atoms with van der Waals surface area (Å²) in [5.41, 5.74) is 3.27. The predicted molar refractivity (Wildman–Crippen MR) is 95.4 cm³/mol. The van der Waals surface area contributed by atoms with E-state index < -0.39 is 12.1 Å². The van der Waals surface area contributed by atoms with Crippen LogP contribution in [0.5, 0.6) is 11.5 Å². The van der Waals surface area contributed by atoms with Crippen molar-refractivity contribution in [1.82, 2.24) is 10.3 Å². The molecule has 0 saturated heterocycles. The van der Waals surface area contributed by atoms with Crippen LogP contribution in [0.4, 0.5) is 0 Å². The van der Waals surface area contributed by atoms with Crippen molar-refractivity contribution in [1.29, 1.82) is 0 Å². The summed E-state index contributed by atoms with van der Waals surface area (Å²) in [5.74, 6) is 0.863. The number of hydrogen-bond acceptors (Lipinski definition) is 5. The fraction of sp³-hybridized carbons (Fsp3) is 0.250. The highest BCUT2D eigenvalue weighted by Gasteiger charge is 2.35. The molecule has 0 saturated carbocycles. The van der Waals surface area contributed by atoms with Crippen LogP contribution < -0.4 is 14.8 Å². The molecule has 132 valence electrons. The molecule has 2 N–H and O–H groups in total. The fourth-order valence-electron chi connectivity index (χ4n) is 3.69. The highest BCUT2D eigenvalue weighted by Crippen LogP contribution is 2.39. The molecule has 2 aliphatic rings. The minimum atomic E-state index is -1.35. The van der Waals surface area contributed by atoms with Gasteiger partial charge in [-0.1, -0.05) is 24.3 Å². The quantitative estimate of drug-likeness (QED) is 0.695. The molecule has 0 unspecified atom stereocenters. The largest absolute Gasteiger partial charge is 0.468 e. The molecule has 6 heteroatoms. The molecule has 0 spiro atoms. The van der Waals surface area contributed by atoms with Crippen molar-refractivity contribution in [2.24, 2.45) is 0 Å². The first-order valence-corrected chi connectivity index (χ1v) is 8.46. The molecule has 2 aliphatic heterocycles. The summed E-state index contributed by atoms with van der Waals surface area (Å²) in [6.07, 6.45) is 0.456. The summed E-state index contributed by atoms with van der Waals surface area (Å²) in [7, 11) is 1.36. The van der Waals surface area contributed by atoms with Crippen molar-refractivity contribution < 1.29 is 20.4 Å². The zero-order valence-electron chi connectivity index (χ0n) is 15.2. The Morgan fingerprint density at radius 3 is 2.96 bits per heavy atom. The molecule has 2 atom stereocenters. The number of methoxy groups -OCH3 is 1. The highest BCUT2D eigenvalue weighted by atomic mass is 16.7. The third-order valence-corrected chi connectivity index (χ3v) is 4.94. The van der Waals surface area contributed by atoms with E-state index >= 15 is 0 Å². The standard InChI is InChI=1S/C20H18N2O4/c1-24-20(23)15-9-13-12-4-2-3-5-14(12)21-19(13)18(22-15)11-6-7-16-17(8-11)26-10-25-16/h2-8,15,18,21-22H,9-10H2,1H3/t15-,18-/m0/s1/i18D. The number of carbonyl (C=O) groups is 1. The molecule has 5 rings (SSSR count). The van der Waals surface area contributed by atoms with Crippen LogP contribution in [0.3, 0.4) is 0 Å². The Kier molecular flexibility index (Phi) is 3.16. The first-order valence-electron chi connectivity index (χ1n) is 8.96. The van der Waals surface area contributed by atoms with E-state index in [0.29, 0.717) is 23.5 Å². The van der Waals surface area contributed by atoms with Crippen molar-refractivity contribution in [3.8, 4) is 11.5 Å². The Balaban J connectivity index is 1.72. The van der Waals surface area contributed by atoms with Crippen LogP contribution in [0.1, 0.15) is 24.2 Å². The fourth-order valence-corrected chi connectivity index (χ4v) is 3.69. The summed E-state index contributed by atoms with van der Waals surface area (Å²) >= 11 is 0. The number of para-hydroxylation sites is 1. The third kappa shape index (κ3) is 2.26. The average Bonchev–Trinajstić information content (AvgIpc) is 3.31. The second-order valence-corrected chi connectivity index (χ2v) is 6.39. The highest BCUT2D eigenvalue weighted by molar-refractivity contribution is 5.87. The normalized spacial score (nSPS) is 24.2. The van der Waals surface area contributed by atoms with Crippen LogP contribution in [0, 0.1) is 0 Å². The van der Waals surface area contributed by atoms with Gasteiger partial charge in [-0.15, -0.1) is 0 Å². The minimum absolute atomic E-state index is 0.166. The number of hydrogen-bond donors (Lipinski definition) is 2. The van der Waals surface area contributed by atoms with Crippen LogP contribution in [0.25, 0.3) is 10.9 Å². The summed E-state index contributed by atoms with van der Waals surface area (Å²) in [6.45, 7) is 0.166. The van der Waals surface area contributed by atoms with Gasteiger partial charge < -0.3 is 19.2 Å². The molecule has 0 bridgehead atoms. The zero-order valence-corrected chi connectivity index (χ0v) is 14.2. The molecular formula is C20H18N2O4. The molecule has 26 heavy (non-hydrogen) atoms. The summed E-state index contributed by atoms with van der Waals surface area (Å²) < 4.78 is 25.1. The number of carbonyl (C=O) groups excluding carboxylic acids is 1. The smallest absolute Gasteiger partial charge is 0.323 e. The van der Waals surface area contributed by atoms with Crippen molar-refractivity contribution >= 4 is 16.9 Å². The number of aromatic nitrogens is 1. The van der Waals surface area contributed by atoms with Crippen LogP contribution in [0.2, 0.25) is 0 Å². The maximum absolute atomic E-state index is 12.3. The number of aromatic amines is 1. The van der Waals surface area contributed by atoms with Crippen LogP contribution in [0.15, 0.2) is 42.5 Å². The Bertz CT molecular complexity index is 1060. The van der Waals surface area contributed by atoms with E-state index in [0.717, 1.165) is 22.2 Å². The molecule has 2 aromatic carbocycles. The van der Waals surface area contributed by atoms with Gasteiger partial charge >= 0.3 is 5.97 Å². The van der Waals surface area contributed by atoms with Gasteiger partial charge in [-0.25, -0.2) is 0 Å². The van der Waals surface area contributed by atoms with E-state index in [4.69, 9.17) is 14.2 Å².